The van der Waals surface area contributed by atoms with E-state index < -0.39 is 0 Å². The van der Waals surface area contributed by atoms with Crippen LogP contribution in [0.15, 0.2) is 67.1 Å². The lowest BCUT2D eigenvalue weighted by atomic mass is 10.3. The summed E-state index contributed by atoms with van der Waals surface area (Å²) >= 11 is 0. The first kappa shape index (κ1) is 13.4. The maximum absolute atomic E-state index is 13.8. The second-order valence-electron chi connectivity index (χ2n) is 4.96. The third kappa shape index (κ3) is 2.40. The van der Waals surface area contributed by atoms with Crippen LogP contribution in [0.3, 0.4) is 0 Å². The number of para-hydroxylation sites is 2. The van der Waals surface area contributed by atoms with Gasteiger partial charge in [0.2, 0.25) is 0 Å². The molecule has 112 valence electrons. The SMILES string of the molecule is Fc1ccccc1Nc1ncnc2c1cnn2-c1ccccc1. The molecular formula is C17H12FN5. The lowest BCUT2D eigenvalue weighted by molar-refractivity contribution is 0.632. The van der Waals surface area contributed by atoms with Gasteiger partial charge in [0.1, 0.15) is 18.0 Å². The molecule has 23 heavy (non-hydrogen) atoms. The maximum atomic E-state index is 13.8. The van der Waals surface area contributed by atoms with E-state index in [9.17, 15) is 4.39 Å². The first-order chi connectivity index (χ1) is 11.3. The van der Waals surface area contributed by atoms with Gasteiger partial charge in [0.05, 0.1) is 23.0 Å². The van der Waals surface area contributed by atoms with Gasteiger partial charge in [-0.2, -0.15) is 5.10 Å². The number of anilines is 2. The molecule has 0 aliphatic carbocycles. The number of nitrogens with one attached hydrogen (secondary N) is 1. The molecule has 0 atom stereocenters. The van der Waals surface area contributed by atoms with Crippen LogP contribution >= 0.6 is 0 Å². The summed E-state index contributed by atoms with van der Waals surface area (Å²) in [6.07, 6.45) is 3.11. The first-order valence-electron chi connectivity index (χ1n) is 7.08. The van der Waals surface area contributed by atoms with E-state index in [1.165, 1.54) is 12.4 Å². The number of hydrogen-bond donors (Lipinski definition) is 1. The molecule has 2 heterocycles. The fourth-order valence-corrected chi connectivity index (χ4v) is 2.39. The summed E-state index contributed by atoms with van der Waals surface area (Å²) in [7, 11) is 0. The Morgan fingerprint density at radius 2 is 1.70 bits per heavy atom. The molecular weight excluding hydrogens is 293 g/mol. The van der Waals surface area contributed by atoms with Gasteiger partial charge < -0.3 is 5.32 Å². The van der Waals surface area contributed by atoms with Crippen LogP contribution in [-0.2, 0) is 0 Å². The normalized spacial score (nSPS) is 10.8. The minimum atomic E-state index is -0.338. The van der Waals surface area contributed by atoms with Crippen molar-refractivity contribution in [2.24, 2.45) is 0 Å². The highest BCUT2D eigenvalue weighted by Gasteiger charge is 2.12. The number of fused-ring (bicyclic) bond motifs is 1. The molecule has 0 radical (unpaired) electrons. The van der Waals surface area contributed by atoms with Crippen molar-refractivity contribution < 1.29 is 4.39 Å². The zero-order chi connectivity index (χ0) is 15.6. The molecule has 0 unspecified atom stereocenters. The van der Waals surface area contributed by atoms with Crippen LogP contribution in [0.5, 0.6) is 0 Å². The Bertz CT molecular complexity index is 965. The van der Waals surface area contributed by atoms with Crippen LogP contribution in [0, 0.1) is 5.82 Å². The van der Waals surface area contributed by atoms with Gasteiger partial charge in [0.25, 0.3) is 0 Å². The van der Waals surface area contributed by atoms with Crippen LogP contribution in [0.2, 0.25) is 0 Å². The first-order valence-corrected chi connectivity index (χ1v) is 7.08. The molecule has 4 aromatic rings. The fraction of sp³-hybridized carbons (Fsp3) is 0. The molecule has 1 N–H and O–H groups in total. The minimum absolute atomic E-state index is 0.338. The molecule has 2 aromatic heterocycles. The Morgan fingerprint density at radius 1 is 0.913 bits per heavy atom. The average Bonchev–Trinajstić information content (AvgIpc) is 3.03. The van der Waals surface area contributed by atoms with Crippen LogP contribution in [-0.4, -0.2) is 19.7 Å². The highest BCUT2D eigenvalue weighted by molar-refractivity contribution is 5.89. The molecule has 6 heteroatoms. The van der Waals surface area contributed by atoms with E-state index in [0.29, 0.717) is 17.2 Å². The summed E-state index contributed by atoms with van der Waals surface area (Å²) in [4.78, 5) is 8.51. The molecule has 0 saturated heterocycles. The molecule has 0 aliphatic rings. The Balaban J connectivity index is 1.81. The standard InChI is InChI=1S/C17H12FN5/c18-14-8-4-5-9-15(14)22-16-13-10-21-23(17(13)20-11-19-16)12-6-2-1-3-7-12/h1-11H,(H,19,20,22). The smallest absolute Gasteiger partial charge is 0.168 e. The number of benzene rings is 2. The number of rotatable bonds is 3. The van der Waals surface area contributed by atoms with Crippen molar-refractivity contribution >= 4 is 22.5 Å². The molecule has 0 saturated carbocycles. The van der Waals surface area contributed by atoms with E-state index >= 15 is 0 Å². The third-order valence-corrected chi connectivity index (χ3v) is 3.49. The Kier molecular flexibility index (Phi) is 3.20. The van der Waals surface area contributed by atoms with Gasteiger partial charge in [0.15, 0.2) is 5.65 Å². The fourth-order valence-electron chi connectivity index (χ4n) is 2.39. The van der Waals surface area contributed by atoms with Crippen LogP contribution < -0.4 is 5.32 Å². The molecule has 5 nitrogen and oxygen atoms in total. The molecule has 0 bridgehead atoms. The van der Waals surface area contributed by atoms with Crippen LogP contribution in [0.4, 0.5) is 15.9 Å². The highest BCUT2D eigenvalue weighted by Crippen LogP contribution is 2.25. The van der Waals surface area contributed by atoms with Gasteiger partial charge in [-0.3, -0.25) is 0 Å². The summed E-state index contributed by atoms with van der Waals surface area (Å²) in [6.45, 7) is 0. The van der Waals surface area contributed by atoms with E-state index in [1.807, 2.05) is 30.3 Å². The van der Waals surface area contributed by atoms with E-state index in [-0.39, 0.29) is 5.82 Å². The minimum Gasteiger partial charge on any atom is -0.337 e. The van der Waals surface area contributed by atoms with Gasteiger partial charge in [-0.05, 0) is 24.3 Å². The number of hydrogen-bond acceptors (Lipinski definition) is 4. The van der Waals surface area contributed by atoms with Crippen molar-refractivity contribution in [3.05, 3.63) is 72.9 Å². The van der Waals surface area contributed by atoms with Crippen molar-refractivity contribution in [2.75, 3.05) is 5.32 Å². The molecule has 4 rings (SSSR count). The molecule has 0 amide bonds. The van der Waals surface area contributed by atoms with Crippen molar-refractivity contribution in [1.29, 1.82) is 0 Å². The predicted octanol–water partition coefficient (Wildman–Crippen LogP) is 3.70. The second kappa shape index (κ2) is 5.49. The summed E-state index contributed by atoms with van der Waals surface area (Å²) in [5, 5.41) is 8.09. The van der Waals surface area contributed by atoms with E-state index in [0.717, 1.165) is 11.1 Å². The van der Waals surface area contributed by atoms with Crippen molar-refractivity contribution in [1.82, 2.24) is 19.7 Å². The quantitative estimate of drug-likeness (QED) is 0.627. The summed E-state index contributed by atoms with van der Waals surface area (Å²) in [5.74, 6) is 0.178. The van der Waals surface area contributed by atoms with Gasteiger partial charge >= 0.3 is 0 Å². The van der Waals surface area contributed by atoms with Gasteiger partial charge in [-0.15, -0.1) is 0 Å². The van der Waals surface area contributed by atoms with E-state index in [2.05, 4.69) is 20.4 Å². The molecule has 0 spiro atoms. The highest BCUT2D eigenvalue weighted by atomic mass is 19.1. The lowest BCUT2D eigenvalue weighted by Crippen LogP contribution is -2.00. The lowest BCUT2D eigenvalue weighted by Gasteiger charge is -2.07. The largest absolute Gasteiger partial charge is 0.337 e. The predicted molar refractivity (Wildman–Crippen MR) is 86.3 cm³/mol. The van der Waals surface area contributed by atoms with E-state index in [4.69, 9.17) is 0 Å². The van der Waals surface area contributed by atoms with Crippen molar-refractivity contribution in [2.45, 2.75) is 0 Å². The van der Waals surface area contributed by atoms with Crippen molar-refractivity contribution in [3.63, 3.8) is 0 Å². The topological polar surface area (TPSA) is 55.6 Å². The zero-order valence-corrected chi connectivity index (χ0v) is 12.0. The number of aromatic nitrogens is 4. The molecule has 0 aliphatic heterocycles. The van der Waals surface area contributed by atoms with Crippen LogP contribution in [0.25, 0.3) is 16.7 Å². The van der Waals surface area contributed by atoms with Gasteiger partial charge in [-0.1, -0.05) is 30.3 Å². The Hall–Kier alpha value is -3.28. The average molecular weight is 305 g/mol. The van der Waals surface area contributed by atoms with Gasteiger partial charge in [0, 0.05) is 0 Å². The summed E-state index contributed by atoms with van der Waals surface area (Å²) in [6, 6.07) is 16.1. The number of nitrogens with zero attached hydrogens (tertiary/aromatic N) is 4. The second-order valence-corrected chi connectivity index (χ2v) is 4.96. The molecule has 2 aromatic carbocycles. The van der Waals surface area contributed by atoms with Gasteiger partial charge in [-0.25, -0.2) is 19.0 Å². The maximum Gasteiger partial charge on any atom is 0.168 e. The number of halogens is 1. The van der Waals surface area contributed by atoms with Crippen molar-refractivity contribution in [3.8, 4) is 5.69 Å². The van der Waals surface area contributed by atoms with E-state index in [1.54, 1.807) is 29.1 Å². The Labute approximate surface area is 131 Å². The van der Waals surface area contributed by atoms with Crippen LogP contribution in [0.1, 0.15) is 0 Å². The monoisotopic (exact) mass is 305 g/mol. The molecule has 0 fully saturated rings. The Morgan fingerprint density at radius 3 is 2.52 bits per heavy atom. The summed E-state index contributed by atoms with van der Waals surface area (Å²) in [5.41, 5.74) is 1.92. The summed E-state index contributed by atoms with van der Waals surface area (Å²) < 4.78 is 15.5. The third-order valence-electron chi connectivity index (χ3n) is 3.49. The zero-order valence-electron chi connectivity index (χ0n) is 12.0.